The number of rotatable bonds is 3. The molecule has 0 bridgehead atoms. The van der Waals surface area contributed by atoms with Gasteiger partial charge in [0.25, 0.3) is 0 Å². The number of nitrogens with two attached hydrogens (primary N) is 1. The van der Waals surface area contributed by atoms with Gasteiger partial charge in [-0.25, -0.2) is 9.97 Å². The lowest BCUT2D eigenvalue weighted by molar-refractivity contribution is -0.134. The maximum atomic E-state index is 12.6. The molecule has 2 atom stereocenters. The Morgan fingerprint density at radius 1 is 1.39 bits per heavy atom. The van der Waals surface area contributed by atoms with Crippen LogP contribution in [-0.4, -0.2) is 39.1 Å². The second kappa shape index (κ2) is 7.18. The molecule has 2 heterocycles. The monoisotopic (exact) mass is 331 g/mol. The van der Waals surface area contributed by atoms with Crippen molar-refractivity contribution < 1.29 is 4.79 Å². The SMILES string of the molecule is N#Cc1cnc(SCC(=O)N2CCC[C@H]3CCCC[C@H]32)nc1N. The number of aromatic nitrogens is 2. The van der Waals surface area contributed by atoms with E-state index in [9.17, 15) is 4.79 Å². The number of anilines is 1. The quantitative estimate of drug-likeness (QED) is 0.674. The molecule has 1 aromatic heterocycles. The lowest BCUT2D eigenvalue weighted by Gasteiger charge is -2.44. The van der Waals surface area contributed by atoms with Crippen molar-refractivity contribution in [2.24, 2.45) is 5.92 Å². The van der Waals surface area contributed by atoms with Gasteiger partial charge in [-0.2, -0.15) is 5.26 Å². The zero-order chi connectivity index (χ0) is 16.2. The molecule has 1 aliphatic heterocycles. The molecular weight excluding hydrogens is 310 g/mol. The smallest absolute Gasteiger partial charge is 0.233 e. The molecule has 0 spiro atoms. The highest BCUT2D eigenvalue weighted by Gasteiger charge is 2.35. The first-order valence-corrected chi connectivity index (χ1v) is 9.12. The maximum absolute atomic E-state index is 12.6. The molecule has 2 fully saturated rings. The van der Waals surface area contributed by atoms with Crippen LogP contribution in [0.2, 0.25) is 0 Å². The van der Waals surface area contributed by atoms with Crippen LogP contribution < -0.4 is 5.73 Å². The third-order valence-corrected chi connectivity index (χ3v) is 5.65. The minimum absolute atomic E-state index is 0.165. The molecule has 6 nitrogen and oxygen atoms in total. The summed E-state index contributed by atoms with van der Waals surface area (Å²) < 4.78 is 0. The number of hydrogen-bond donors (Lipinski definition) is 1. The van der Waals surface area contributed by atoms with Gasteiger partial charge in [0, 0.05) is 12.6 Å². The molecule has 7 heteroatoms. The molecule has 23 heavy (non-hydrogen) atoms. The molecule has 1 aromatic rings. The Balaban J connectivity index is 1.60. The Kier molecular flexibility index (Phi) is 5.01. The van der Waals surface area contributed by atoms with E-state index in [0.717, 1.165) is 19.4 Å². The molecule has 1 saturated heterocycles. The number of hydrogen-bond acceptors (Lipinski definition) is 6. The normalized spacial score (nSPS) is 23.9. The van der Waals surface area contributed by atoms with Gasteiger partial charge in [0.05, 0.1) is 11.9 Å². The Bertz CT molecular complexity index is 627. The van der Waals surface area contributed by atoms with Crippen LogP contribution in [0, 0.1) is 17.2 Å². The lowest BCUT2D eigenvalue weighted by atomic mass is 9.78. The van der Waals surface area contributed by atoms with Gasteiger partial charge in [0.1, 0.15) is 17.5 Å². The second-order valence-electron chi connectivity index (χ2n) is 6.19. The van der Waals surface area contributed by atoms with Gasteiger partial charge < -0.3 is 10.6 Å². The third kappa shape index (κ3) is 3.58. The van der Waals surface area contributed by atoms with E-state index < -0.39 is 0 Å². The van der Waals surface area contributed by atoms with Crippen molar-refractivity contribution in [3.8, 4) is 6.07 Å². The molecule has 1 aliphatic carbocycles. The lowest BCUT2D eigenvalue weighted by Crippen LogP contribution is -2.50. The van der Waals surface area contributed by atoms with Gasteiger partial charge in [-0.05, 0) is 31.6 Å². The number of thioether (sulfide) groups is 1. The molecule has 122 valence electrons. The summed E-state index contributed by atoms with van der Waals surface area (Å²) in [7, 11) is 0. The highest BCUT2D eigenvalue weighted by molar-refractivity contribution is 7.99. The predicted octanol–water partition coefficient (Wildman–Crippen LogP) is 2.20. The first-order valence-electron chi connectivity index (χ1n) is 8.14. The summed E-state index contributed by atoms with van der Waals surface area (Å²) in [5, 5.41) is 9.28. The second-order valence-corrected chi connectivity index (χ2v) is 7.14. The largest absolute Gasteiger partial charge is 0.382 e. The first kappa shape index (κ1) is 16.1. The Morgan fingerprint density at radius 3 is 2.96 bits per heavy atom. The van der Waals surface area contributed by atoms with Crippen LogP contribution in [0.15, 0.2) is 11.4 Å². The van der Waals surface area contributed by atoms with E-state index in [4.69, 9.17) is 11.0 Å². The van der Waals surface area contributed by atoms with Crippen LogP contribution in [0.3, 0.4) is 0 Å². The average Bonchev–Trinajstić information content (AvgIpc) is 2.59. The van der Waals surface area contributed by atoms with E-state index in [0.29, 0.717) is 22.9 Å². The number of nitrogens with zero attached hydrogens (tertiary/aromatic N) is 4. The van der Waals surface area contributed by atoms with Crippen molar-refractivity contribution in [2.45, 2.75) is 49.7 Å². The minimum Gasteiger partial charge on any atom is -0.382 e. The zero-order valence-electron chi connectivity index (χ0n) is 13.1. The molecule has 2 aliphatic rings. The van der Waals surface area contributed by atoms with Crippen LogP contribution in [0.4, 0.5) is 5.82 Å². The molecule has 0 aromatic carbocycles. The summed E-state index contributed by atoms with van der Waals surface area (Å²) in [6.45, 7) is 0.872. The molecule has 2 N–H and O–H groups in total. The fourth-order valence-electron chi connectivity index (χ4n) is 3.68. The number of amides is 1. The summed E-state index contributed by atoms with van der Waals surface area (Å²) in [4.78, 5) is 22.8. The Hall–Kier alpha value is -1.81. The molecule has 3 rings (SSSR count). The van der Waals surface area contributed by atoms with Crippen LogP contribution in [0.25, 0.3) is 0 Å². The van der Waals surface area contributed by atoms with Crippen LogP contribution in [0.1, 0.15) is 44.1 Å². The number of carbonyl (C=O) groups excluding carboxylic acids is 1. The first-order chi connectivity index (χ1) is 11.2. The van der Waals surface area contributed by atoms with Gasteiger partial charge in [-0.15, -0.1) is 0 Å². The van der Waals surface area contributed by atoms with Crippen LogP contribution in [-0.2, 0) is 4.79 Å². The van der Waals surface area contributed by atoms with E-state index in [1.54, 1.807) is 0 Å². The number of nitrogen functional groups attached to an aromatic ring is 1. The number of likely N-dealkylation sites (tertiary alicyclic amines) is 1. The van der Waals surface area contributed by atoms with Gasteiger partial charge in [-0.3, -0.25) is 4.79 Å². The standard InChI is InChI=1S/C16H21N5OS/c17-8-12-9-19-16(20-15(12)18)23-10-14(22)21-7-3-5-11-4-1-2-6-13(11)21/h9,11,13H,1-7,10H2,(H2,18,19,20)/t11-,13-/m1/s1. The van der Waals surface area contributed by atoms with Crippen LogP contribution >= 0.6 is 11.8 Å². The van der Waals surface area contributed by atoms with E-state index in [1.165, 1.54) is 43.6 Å². The van der Waals surface area contributed by atoms with Crippen molar-refractivity contribution in [1.82, 2.24) is 14.9 Å². The fraction of sp³-hybridized carbons (Fsp3) is 0.625. The molecule has 1 amide bonds. The number of nitriles is 1. The summed E-state index contributed by atoms with van der Waals surface area (Å²) in [6.07, 6.45) is 8.71. The zero-order valence-corrected chi connectivity index (χ0v) is 13.9. The Labute approximate surface area is 140 Å². The third-order valence-electron chi connectivity index (χ3n) is 4.80. The van der Waals surface area contributed by atoms with Crippen LogP contribution in [0.5, 0.6) is 0 Å². The summed E-state index contributed by atoms with van der Waals surface area (Å²) in [5.41, 5.74) is 5.95. The topological polar surface area (TPSA) is 95.9 Å². The minimum atomic E-state index is 0.165. The van der Waals surface area contributed by atoms with Gasteiger partial charge in [-0.1, -0.05) is 24.6 Å². The summed E-state index contributed by atoms with van der Waals surface area (Å²) >= 11 is 1.29. The van der Waals surface area contributed by atoms with Gasteiger partial charge in [0.15, 0.2) is 5.16 Å². The van der Waals surface area contributed by atoms with E-state index in [2.05, 4.69) is 14.9 Å². The number of fused-ring (bicyclic) bond motifs is 1. The van der Waals surface area contributed by atoms with Gasteiger partial charge in [0.2, 0.25) is 5.91 Å². The van der Waals surface area contributed by atoms with Crippen molar-refractivity contribution in [3.05, 3.63) is 11.8 Å². The van der Waals surface area contributed by atoms with E-state index >= 15 is 0 Å². The molecular formula is C16H21N5OS. The number of carbonyl (C=O) groups is 1. The maximum Gasteiger partial charge on any atom is 0.233 e. The molecule has 0 unspecified atom stereocenters. The average molecular weight is 331 g/mol. The van der Waals surface area contributed by atoms with Gasteiger partial charge >= 0.3 is 0 Å². The highest BCUT2D eigenvalue weighted by atomic mass is 32.2. The van der Waals surface area contributed by atoms with E-state index in [-0.39, 0.29) is 17.3 Å². The van der Waals surface area contributed by atoms with Crippen molar-refractivity contribution in [2.75, 3.05) is 18.0 Å². The van der Waals surface area contributed by atoms with E-state index in [1.807, 2.05) is 6.07 Å². The van der Waals surface area contributed by atoms with Crippen molar-refractivity contribution in [1.29, 1.82) is 5.26 Å². The summed E-state index contributed by atoms with van der Waals surface area (Å²) in [5.74, 6) is 1.35. The number of piperidine rings is 1. The van der Waals surface area contributed by atoms with Crippen molar-refractivity contribution >= 4 is 23.5 Å². The predicted molar refractivity (Wildman–Crippen MR) is 88.6 cm³/mol. The molecule has 1 saturated carbocycles. The van der Waals surface area contributed by atoms with Crippen molar-refractivity contribution in [3.63, 3.8) is 0 Å². The molecule has 0 radical (unpaired) electrons. The Morgan fingerprint density at radius 2 is 2.17 bits per heavy atom. The highest BCUT2D eigenvalue weighted by Crippen LogP contribution is 2.35. The fourth-order valence-corrected chi connectivity index (χ4v) is 4.39. The summed E-state index contributed by atoms with van der Waals surface area (Å²) in [6, 6.07) is 2.36.